The summed E-state index contributed by atoms with van der Waals surface area (Å²) < 4.78 is 0. The number of benzene rings is 1. The van der Waals surface area contributed by atoms with Crippen molar-refractivity contribution >= 4 is 5.96 Å². The van der Waals surface area contributed by atoms with E-state index in [0.29, 0.717) is 12.0 Å². The van der Waals surface area contributed by atoms with Crippen molar-refractivity contribution in [3.8, 4) is 0 Å². The summed E-state index contributed by atoms with van der Waals surface area (Å²) in [6.45, 7) is 4.00. The molecule has 1 unspecified atom stereocenters. The molecule has 3 heteroatoms. The molecule has 2 N–H and O–H groups in total. The highest BCUT2D eigenvalue weighted by atomic mass is 15.3. The molecule has 2 aliphatic rings. The van der Waals surface area contributed by atoms with E-state index in [1.165, 1.54) is 24.0 Å². The number of aliphatic imine (C=N–C) groups is 1. The summed E-state index contributed by atoms with van der Waals surface area (Å²) in [5.74, 6) is 1.50. The predicted octanol–water partition coefficient (Wildman–Crippen LogP) is 2.65. The van der Waals surface area contributed by atoms with Gasteiger partial charge in [0.2, 0.25) is 0 Å². The van der Waals surface area contributed by atoms with Gasteiger partial charge < -0.3 is 10.6 Å². The van der Waals surface area contributed by atoms with Crippen LogP contribution in [0.15, 0.2) is 29.3 Å². The molecular formula is C15H21N3. The molecule has 1 aromatic rings. The molecule has 0 amide bonds. The molecule has 18 heavy (non-hydrogen) atoms. The maximum absolute atomic E-state index is 6.01. The minimum absolute atomic E-state index is 0.363. The standard InChI is InChI=1S/C15H21N3/c1-2-9-18-14(10-17-15(18)16)13-6-4-3-5-12(13)11-7-8-11/h3-6,11,14H,2,7-10H2,1H3,(H2,16,17). The van der Waals surface area contributed by atoms with Gasteiger partial charge in [0.1, 0.15) is 0 Å². The lowest BCUT2D eigenvalue weighted by atomic mass is 9.96. The van der Waals surface area contributed by atoms with E-state index in [9.17, 15) is 0 Å². The molecule has 1 aliphatic heterocycles. The van der Waals surface area contributed by atoms with Crippen molar-refractivity contribution < 1.29 is 0 Å². The van der Waals surface area contributed by atoms with E-state index in [4.69, 9.17) is 5.73 Å². The predicted molar refractivity (Wildman–Crippen MR) is 74.6 cm³/mol. The molecule has 1 fully saturated rings. The van der Waals surface area contributed by atoms with Crippen molar-refractivity contribution in [3.05, 3.63) is 35.4 Å². The van der Waals surface area contributed by atoms with Gasteiger partial charge in [0.15, 0.2) is 5.96 Å². The van der Waals surface area contributed by atoms with Crippen LogP contribution in [0, 0.1) is 0 Å². The Morgan fingerprint density at radius 3 is 2.67 bits per heavy atom. The topological polar surface area (TPSA) is 41.6 Å². The Morgan fingerprint density at radius 2 is 2.00 bits per heavy atom. The molecule has 3 rings (SSSR count). The van der Waals surface area contributed by atoms with Gasteiger partial charge in [0, 0.05) is 6.54 Å². The average molecular weight is 243 g/mol. The van der Waals surface area contributed by atoms with Gasteiger partial charge >= 0.3 is 0 Å². The van der Waals surface area contributed by atoms with Crippen LogP contribution in [0.5, 0.6) is 0 Å². The van der Waals surface area contributed by atoms with Crippen LogP contribution in [0.25, 0.3) is 0 Å². The SMILES string of the molecule is CCCN1C(N)=NCC1c1ccccc1C1CC1. The minimum atomic E-state index is 0.363. The van der Waals surface area contributed by atoms with Crippen molar-refractivity contribution in [3.63, 3.8) is 0 Å². The summed E-state index contributed by atoms with van der Waals surface area (Å²) >= 11 is 0. The second-order valence-corrected chi connectivity index (χ2v) is 5.31. The molecule has 0 spiro atoms. The largest absolute Gasteiger partial charge is 0.370 e. The summed E-state index contributed by atoms with van der Waals surface area (Å²) in [4.78, 5) is 6.70. The molecule has 0 bridgehead atoms. The van der Waals surface area contributed by atoms with Crippen LogP contribution < -0.4 is 5.73 Å². The van der Waals surface area contributed by atoms with Gasteiger partial charge in [0.05, 0.1) is 12.6 Å². The highest BCUT2D eigenvalue weighted by molar-refractivity contribution is 5.80. The van der Waals surface area contributed by atoms with Crippen LogP contribution in [0.2, 0.25) is 0 Å². The first-order chi connectivity index (χ1) is 8.81. The van der Waals surface area contributed by atoms with Crippen LogP contribution in [0.1, 0.15) is 49.3 Å². The molecule has 1 heterocycles. The van der Waals surface area contributed by atoms with Crippen molar-refractivity contribution in [1.82, 2.24) is 4.90 Å². The molecule has 1 aliphatic carbocycles. The number of hydrogen-bond donors (Lipinski definition) is 1. The maximum atomic E-state index is 6.01. The lowest BCUT2D eigenvalue weighted by molar-refractivity contribution is 0.346. The minimum Gasteiger partial charge on any atom is -0.370 e. The van der Waals surface area contributed by atoms with Gasteiger partial charge in [-0.15, -0.1) is 0 Å². The Bertz CT molecular complexity index is 463. The summed E-state index contributed by atoms with van der Waals surface area (Å²) in [7, 11) is 0. The smallest absolute Gasteiger partial charge is 0.191 e. The third-order valence-electron chi connectivity index (χ3n) is 3.93. The first kappa shape index (κ1) is 11.6. The Balaban J connectivity index is 1.90. The van der Waals surface area contributed by atoms with Gasteiger partial charge in [-0.1, -0.05) is 31.2 Å². The first-order valence-corrected chi connectivity index (χ1v) is 6.96. The molecule has 0 saturated heterocycles. The molecular weight excluding hydrogens is 222 g/mol. The third-order valence-corrected chi connectivity index (χ3v) is 3.93. The van der Waals surface area contributed by atoms with E-state index >= 15 is 0 Å². The number of hydrogen-bond acceptors (Lipinski definition) is 3. The Labute approximate surface area is 109 Å². The van der Waals surface area contributed by atoms with Gasteiger partial charge in [-0.25, -0.2) is 0 Å². The van der Waals surface area contributed by atoms with Gasteiger partial charge in [0.25, 0.3) is 0 Å². The molecule has 1 aromatic carbocycles. The molecule has 96 valence electrons. The van der Waals surface area contributed by atoms with Crippen LogP contribution in [-0.2, 0) is 0 Å². The second-order valence-electron chi connectivity index (χ2n) is 5.31. The van der Waals surface area contributed by atoms with Crippen LogP contribution in [0.3, 0.4) is 0 Å². The first-order valence-electron chi connectivity index (χ1n) is 6.96. The van der Waals surface area contributed by atoms with Crippen molar-refractivity contribution in [2.24, 2.45) is 10.7 Å². The van der Waals surface area contributed by atoms with Crippen LogP contribution >= 0.6 is 0 Å². The van der Waals surface area contributed by atoms with Gasteiger partial charge in [-0.3, -0.25) is 4.99 Å². The molecule has 0 aromatic heterocycles. The van der Waals surface area contributed by atoms with Crippen molar-refractivity contribution in [2.45, 2.75) is 38.1 Å². The summed E-state index contributed by atoms with van der Waals surface area (Å²) in [5.41, 5.74) is 8.97. The van der Waals surface area contributed by atoms with E-state index in [1.807, 2.05) is 0 Å². The zero-order valence-corrected chi connectivity index (χ0v) is 11.0. The Morgan fingerprint density at radius 1 is 1.28 bits per heavy atom. The molecule has 3 nitrogen and oxygen atoms in total. The summed E-state index contributed by atoms with van der Waals surface area (Å²) in [6, 6.07) is 9.20. The monoisotopic (exact) mass is 243 g/mol. The molecule has 1 atom stereocenters. The fourth-order valence-electron chi connectivity index (χ4n) is 2.89. The Kier molecular flexibility index (Phi) is 2.98. The quantitative estimate of drug-likeness (QED) is 0.883. The van der Waals surface area contributed by atoms with E-state index in [0.717, 1.165) is 25.4 Å². The summed E-state index contributed by atoms with van der Waals surface area (Å²) in [6.07, 6.45) is 3.79. The lowest BCUT2D eigenvalue weighted by Crippen LogP contribution is -2.36. The highest BCUT2D eigenvalue weighted by Gasteiger charge is 2.32. The summed E-state index contributed by atoms with van der Waals surface area (Å²) in [5, 5.41) is 0. The van der Waals surface area contributed by atoms with Crippen molar-refractivity contribution in [2.75, 3.05) is 13.1 Å². The molecule has 0 radical (unpaired) electrons. The zero-order chi connectivity index (χ0) is 12.5. The van der Waals surface area contributed by atoms with E-state index < -0.39 is 0 Å². The maximum Gasteiger partial charge on any atom is 0.191 e. The third kappa shape index (κ3) is 1.98. The van der Waals surface area contributed by atoms with Crippen LogP contribution in [-0.4, -0.2) is 23.9 Å². The normalized spacial score (nSPS) is 23.3. The van der Waals surface area contributed by atoms with E-state index in [-0.39, 0.29) is 0 Å². The van der Waals surface area contributed by atoms with E-state index in [1.54, 1.807) is 0 Å². The number of guanidine groups is 1. The number of rotatable bonds is 4. The fourth-order valence-corrected chi connectivity index (χ4v) is 2.89. The number of nitrogens with zero attached hydrogens (tertiary/aromatic N) is 2. The highest BCUT2D eigenvalue weighted by Crippen LogP contribution is 2.44. The average Bonchev–Trinajstić information content (AvgIpc) is 3.17. The van der Waals surface area contributed by atoms with Gasteiger partial charge in [-0.2, -0.15) is 0 Å². The molecule has 1 saturated carbocycles. The van der Waals surface area contributed by atoms with Crippen LogP contribution in [0.4, 0.5) is 0 Å². The lowest BCUT2D eigenvalue weighted by Gasteiger charge is -2.27. The number of nitrogens with two attached hydrogens (primary N) is 1. The van der Waals surface area contributed by atoms with Crippen molar-refractivity contribution in [1.29, 1.82) is 0 Å². The van der Waals surface area contributed by atoms with Gasteiger partial charge in [-0.05, 0) is 36.3 Å². The van der Waals surface area contributed by atoms with E-state index in [2.05, 4.69) is 41.1 Å². The zero-order valence-electron chi connectivity index (χ0n) is 11.0. The fraction of sp³-hybridized carbons (Fsp3) is 0.533. The second kappa shape index (κ2) is 4.63. The Hall–Kier alpha value is -1.51.